The third-order valence-corrected chi connectivity index (χ3v) is 6.23. The minimum Gasteiger partial charge on any atom is -0.135 e. The van der Waals surface area contributed by atoms with Gasteiger partial charge in [-0.15, -0.1) is 11.3 Å². The van der Waals surface area contributed by atoms with Crippen LogP contribution in [0.3, 0.4) is 0 Å². The quantitative estimate of drug-likeness (QED) is 0.522. The molecule has 2 atom stereocenters. The Morgan fingerprint density at radius 2 is 1.96 bits per heavy atom. The van der Waals surface area contributed by atoms with Crippen molar-refractivity contribution < 1.29 is 0 Å². The van der Waals surface area contributed by atoms with Crippen LogP contribution < -0.4 is 0 Å². The van der Waals surface area contributed by atoms with Gasteiger partial charge in [0.1, 0.15) is 0 Å². The predicted molar refractivity (Wildman–Crippen MR) is 103 cm³/mol. The smallest absolute Gasteiger partial charge is 0.0420 e. The lowest BCUT2D eigenvalue weighted by molar-refractivity contribution is 0.671. The highest BCUT2D eigenvalue weighted by Crippen LogP contribution is 2.51. The van der Waals surface area contributed by atoms with Crippen LogP contribution in [0.1, 0.15) is 23.3 Å². The average Bonchev–Trinajstić information content (AvgIpc) is 2.94. The third kappa shape index (κ3) is 2.27. The zero-order chi connectivity index (χ0) is 16.0. The van der Waals surface area contributed by atoms with E-state index in [0.717, 1.165) is 5.02 Å². The van der Waals surface area contributed by atoms with Gasteiger partial charge in [0, 0.05) is 26.4 Å². The fourth-order valence-electron chi connectivity index (χ4n) is 3.67. The molecule has 0 N–H and O–H groups in total. The summed E-state index contributed by atoms with van der Waals surface area (Å²) in [4.78, 5) is 1.40. The lowest BCUT2D eigenvalue weighted by atomic mass is 9.72. The molecule has 114 valence electrons. The van der Waals surface area contributed by atoms with Gasteiger partial charge in [0.25, 0.3) is 0 Å². The largest absolute Gasteiger partial charge is 0.135 e. The fourth-order valence-corrected chi connectivity index (χ4v) is 5.23. The monoisotopic (exact) mass is 336 g/mol. The molecule has 1 aromatic heterocycles. The highest BCUT2D eigenvalue weighted by Gasteiger charge is 2.33. The summed E-state index contributed by atoms with van der Waals surface area (Å²) < 4.78 is 1.28. The molecule has 0 fully saturated rings. The molecule has 2 aliphatic rings. The second-order valence-corrected chi connectivity index (χ2v) is 7.47. The molecule has 2 aliphatic carbocycles. The van der Waals surface area contributed by atoms with Crippen LogP contribution in [-0.2, 0) is 0 Å². The van der Waals surface area contributed by atoms with Crippen molar-refractivity contribution in [1.82, 2.24) is 0 Å². The number of halogens is 1. The first-order valence-electron chi connectivity index (χ1n) is 7.78. The van der Waals surface area contributed by atoms with Gasteiger partial charge in [-0.05, 0) is 41.2 Å². The average molecular weight is 337 g/mol. The summed E-state index contributed by atoms with van der Waals surface area (Å²) in [6.07, 6.45) is 15.1. The van der Waals surface area contributed by atoms with E-state index in [1.165, 1.54) is 31.7 Å². The molecule has 0 nitrogen and oxygen atoms in total. The van der Waals surface area contributed by atoms with Crippen molar-refractivity contribution in [3.05, 3.63) is 88.3 Å². The van der Waals surface area contributed by atoms with Crippen LogP contribution in [0.15, 0.2) is 72.9 Å². The maximum Gasteiger partial charge on any atom is 0.0420 e. The molecular formula is C21H17ClS. The zero-order valence-corrected chi connectivity index (χ0v) is 14.5. The van der Waals surface area contributed by atoms with Crippen molar-refractivity contribution in [2.75, 3.05) is 0 Å². The first kappa shape index (κ1) is 14.7. The van der Waals surface area contributed by atoms with E-state index in [4.69, 9.17) is 11.6 Å². The van der Waals surface area contributed by atoms with Gasteiger partial charge in [-0.2, -0.15) is 0 Å². The fraction of sp³-hybridized carbons (Fsp3) is 0.143. The van der Waals surface area contributed by atoms with Gasteiger partial charge in [0.15, 0.2) is 0 Å². The lowest BCUT2D eigenvalue weighted by Gasteiger charge is -2.32. The molecule has 1 heterocycles. The van der Waals surface area contributed by atoms with Crippen LogP contribution in [0.4, 0.5) is 0 Å². The van der Waals surface area contributed by atoms with Gasteiger partial charge in [-0.25, -0.2) is 0 Å². The van der Waals surface area contributed by atoms with Crippen molar-refractivity contribution in [2.24, 2.45) is 5.92 Å². The number of hydrogen-bond donors (Lipinski definition) is 0. The standard InChI is InChI=1S/C21H17ClS/c1-3-4-7-15-13(2)21-20(17-9-6-5-8-16(15)17)18-11-10-14(22)12-19(18)23-21/h3-12,16-17H,1H2,2H3/b7-4-/t16-,17?/m1/s1. The van der Waals surface area contributed by atoms with Crippen LogP contribution in [0.25, 0.3) is 15.7 Å². The summed E-state index contributed by atoms with van der Waals surface area (Å²) in [6, 6.07) is 6.26. The van der Waals surface area contributed by atoms with Gasteiger partial charge < -0.3 is 0 Å². The molecular weight excluding hydrogens is 320 g/mol. The number of rotatable bonds is 2. The molecule has 4 rings (SSSR count). The van der Waals surface area contributed by atoms with E-state index in [9.17, 15) is 0 Å². The van der Waals surface area contributed by atoms with Crippen LogP contribution >= 0.6 is 22.9 Å². The van der Waals surface area contributed by atoms with Crippen LogP contribution in [0, 0.1) is 5.92 Å². The minimum absolute atomic E-state index is 0.400. The number of fused-ring (bicyclic) bond motifs is 5. The van der Waals surface area contributed by atoms with Crippen LogP contribution in [0.2, 0.25) is 5.02 Å². The molecule has 1 unspecified atom stereocenters. The summed E-state index contributed by atoms with van der Waals surface area (Å²) >= 11 is 8.06. The van der Waals surface area contributed by atoms with Crippen molar-refractivity contribution in [1.29, 1.82) is 0 Å². The molecule has 0 aliphatic heterocycles. The van der Waals surface area contributed by atoms with Gasteiger partial charge in [-0.3, -0.25) is 0 Å². The first-order valence-corrected chi connectivity index (χ1v) is 8.97. The van der Waals surface area contributed by atoms with E-state index in [1.54, 1.807) is 0 Å². The highest BCUT2D eigenvalue weighted by molar-refractivity contribution is 7.20. The summed E-state index contributed by atoms with van der Waals surface area (Å²) in [5.41, 5.74) is 4.22. The summed E-state index contributed by atoms with van der Waals surface area (Å²) in [6.45, 7) is 6.05. The molecule has 0 radical (unpaired) electrons. The summed E-state index contributed by atoms with van der Waals surface area (Å²) in [5, 5.41) is 2.15. The van der Waals surface area contributed by atoms with Gasteiger partial charge in [-0.1, -0.05) is 66.8 Å². The van der Waals surface area contributed by atoms with Crippen molar-refractivity contribution in [3.63, 3.8) is 0 Å². The van der Waals surface area contributed by atoms with Crippen molar-refractivity contribution >= 4 is 38.6 Å². The van der Waals surface area contributed by atoms with Crippen LogP contribution in [-0.4, -0.2) is 0 Å². The third-order valence-electron chi connectivity index (χ3n) is 4.70. The van der Waals surface area contributed by atoms with E-state index in [-0.39, 0.29) is 0 Å². The molecule has 1 aromatic carbocycles. The Kier molecular flexibility index (Phi) is 3.63. The normalized spacial score (nSPS) is 22.7. The Bertz CT molecular complexity index is 921. The summed E-state index contributed by atoms with van der Waals surface area (Å²) in [7, 11) is 0. The molecule has 0 amide bonds. The Hall–Kier alpha value is -1.83. The van der Waals surface area contributed by atoms with Gasteiger partial charge in [0.2, 0.25) is 0 Å². The van der Waals surface area contributed by atoms with Crippen LogP contribution in [0.5, 0.6) is 0 Å². The number of thiophene rings is 1. The zero-order valence-electron chi connectivity index (χ0n) is 12.9. The Morgan fingerprint density at radius 3 is 2.74 bits per heavy atom. The topological polar surface area (TPSA) is 0 Å². The maximum absolute atomic E-state index is 6.20. The molecule has 0 bridgehead atoms. The second kappa shape index (κ2) is 5.67. The van der Waals surface area contributed by atoms with E-state index in [1.807, 2.05) is 29.6 Å². The first-order chi connectivity index (χ1) is 11.2. The molecule has 2 aromatic rings. The van der Waals surface area contributed by atoms with Crippen molar-refractivity contribution in [3.8, 4) is 0 Å². The summed E-state index contributed by atoms with van der Waals surface area (Å²) in [5.74, 6) is 0.801. The highest BCUT2D eigenvalue weighted by atomic mass is 35.5. The molecule has 2 heteroatoms. The molecule has 0 saturated heterocycles. The number of hydrogen-bond acceptors (Lipinski definition) is 1. The maximum atomic E-state index is 6.20. The Labute approximate surface area is 145 Å². The SMILES string of the molecule is C=C/C=C\C1=C(C)c2sc3cc(Cl)ccc3c2C2C=CC=C[C@H]12. The minimum atomic E-state index is 0.400. The number of allylic oxidation sites excluding steroid dienone is 9. The van der Waals surface area contributed by atoms with E-state index >= 15 is 0 Å². The molecule has 23 heavy (non-hydrogen) atoms. The molecule has 0 saturated carbocycles. The number of benzene rings is 1. The van der Waals surface area contributed by atoms with E-state index < -0.39 is 0 Å². The predicted octanol–water partition coefficient (Wildman–Crippen LogP) is 6.91. The molecule has 0 spiro atoms. The van der Waals surface area contributed by atoms with Gasteiger partial charge >= 0.3 is 0 Å². The van der Waals surface area contributed by atoms with E-state index in [2.05, 4.69) is 56.0 Å². The van der Waals surface area contributed by atoms with E-state index in [0.29, 0.717) is 11.8 Å². The Morgan fingerprint density at radius 1 is 1.17 bits per heavy atom. The van der Waals surface area contributed by atoms with Gasteiger partial charge in [0.05, 0.1) is 0 Å². The van der Waals surface area contributed by atoms with Crippen molar-refractivity contribution in [2.45, 2.75) is 12.8 Å². The second-order valence-electron chi connectivity index (χ2n) is 5.98. The lowest BCUT2D eigenvalue weighted by Crippen LogP contribution is -2.18. The Balaban J connectivity index is 2.03.